The van der Waals surface area contributed by atoms with Gasteiger partial charge in [-0.15, -0.1) is 12.4 Å². The average Bonchev–Trinajstić information content (AvgIpc) is 2.65. The summed E-state index contributed by atoms with van der Waals surface area (Å²) in [5, 5.41) is 0. The molecule has 1 amide bonds. The summed E-state index contributed by atoms with van der Waals surface area (Å²) in [6.07, 6.45) is 0.745. The van der Waals surface area contributed by atoms with Crippen LogP contribution in [0.25, 0.3) is 0 Å². The van der Waals surface area contributed by atoms with Gasteiger partial charge in [-0.1, -0.05) is 37.3 Å². The van der Waals surface area contributed by atoms with Crippen LogP contribution in [0, 0.1) is 0 Å². The van der Waals surface area contributed by atoms with Crippen molar-refractivity contribution < 1.29 is 13.2 Å². The molecule has 26 heavy (non-hydrogen) atoms. The number of benzene rings is 2. The average molecular weight is 397 g/mol. The van der Waals surface area contributed by atoms with Gasteiger partial charge < -0.3 is 10.6 Å². The lowest BCUT2D eigenvalue weighted by atomic mass is 10.1. The lowest BCUT2D eigenvalue weighted by Gasteiger charge is -2.22. The summed E-state index contributed by atoms with van der Waals surface area (Å²) in [5.41, 5.74) is 7.26. The zero-order valence-corrected chi connectivity index (χ0v) is 16.4. The van der Waals surface area contributed by atoms with Gasteiger partial charge in [0.25, 0.3) is 5.91 Å². The van der Waals surface area contributed by atoms with Crippen LogP contribution in [0.15, 0.2) is 59.5 Å². The van der Waals surface area contributed by atoms with Crippen molar-refractivity contribution in [1.29, 1.82) is 0 Å². The second-order valence-corrected chi connectivity index (χ2v) is 8.02. The molecular formula is C19H25ClN2O3S. The zero-order chi connectivity index (χ0) is 18.3. The van der Waals surface area contributed by atoms with Crippen molar-refractivity contribution in [3.63, 3.8) is 0 Å². The molecule has 5 nitrogen and oxygen atoms in total. The fourth-order valence-corrected chi connectivity index (χ4v) is 3.42. The van der Waals surface area contributed by atoms with E-state index in [4.69, 9.17) is 5.73 Å². The maximum Gasteiger partial charge on any atom is 0.253 e. The summed E-state index contributed by atoms with van der Waals surface area (Å²) in [7, 11) is -3.26. The third-order valence-electron chi connectivity index (χ3n) is 4.04. The van der Waals surface area contributed by atoms with Gasteiger partial charge in [0.1, 0.15) is 0 Å². The molecule has 0 aliphatic rings. The first-order valence-electron chi connectivity index (χ1n) is 8.34. The van der Waals surface area contributed by atoms with Crippen LogP contribution in [0.3, 0.4) is 0 Å². The highest BCUT2D eigenvalue weighted by Crippen LogP contribution is 2.14. The van der Waals surface area contributed by atoms with E-state index in [9.17, 15) is 13.2 Å². The number of hydrogen-bond donors (Lipinski definition) is 1. The van der Waals surface area contributed by atoms with Crippen molar-refractivity contribution in [1.82, 2.24) is 4.90 Å². The second kappa shape index (κ2) is 10.3. The summed E-state index contributed by atoms with van der Waals surface area (Å²) in [6.45, 7) is 3.00. The normalized spacial score (nSPS) is 10.8. The Morgan fingerprint density at radius 2 is 1.62 bits per heavy atom. The highest BCUT2D eigenvalue weighted by Gasteiger charge is 2.17. The summed E-state index contributed by atoms with van der Waals surface area (Å²) in [4.78, 5) is 14.6. The van der Waals surface area contributed by atoms with Crippen molar-refractivity contribution in [3.8, 4) is 0 Å². The molecule has 2 N–H and O–H groups in total. The summed E-state index contributed by atoms with van der Waals surface area (Å²) >= 11 is 0. The van der Waals surface area contributed by atoms with Crippen LogP contribution in [0.1, 0.15) is 22.8 Å². The fourth-order valence-electron chi connectivity index (χ4n) is 2.53. The Bertz CT molecular complexity index is 793. The lowest BCUT2D eigenvalue weighted by Crippen LogP contribution is -2.37. The Labute approximate surface area is 161 Å². The molecule has 0 radical (unpaired) electrons. The largest absolute Gasteiger partial charge is 0.337 e. The van der Waals surface area contributed by atoms with E-state index in [2.05, 4.69) is 0 Å². The molecule has 0 saturated carbocycles. The molecule has 0 bridgehead atoms. The molecule has 0 saturated heterocycles. The summed E-state index contributed by atoms with van der Waals surface area (Å²) in [6, 6.07) is 16.1. The van der Waals surface area contributed by atoms with Crippen LogP contribution in [0.2, 0.25) is 0 Å². The third-order valence-corrected chi connectivity index (χ3v) is 5.79. The van der Waals surface area contributed by atoms with Gasteiger partial charge in [-0.3, -0.25) is 4.79 Å². The molecular weight excluding hydrogens is 372 g/mol. The van der Waals surface area contributed by atoms with Crippen LogP contribution >= 0.6 is 12.4 Å². The van der Waals surface area contributed by atoms with Crippen molar-refractivity contribution in [2.75, 3.05) is 25.4 Å². The molecule has 0 fully saturated rings. The second-order valence-electron chi connectivity index (χ2n) is 5.74. The van der Waals surface area contributed by atoms with Gasteiger partial charge in [0.15, 0.2) is 9.84 Å². The van der Waals surface area contributed by atoms with Crippen molar-refractivity contribution in [2.24, 2.45) is 5.73 Å². The van der Waals surface area contributed by atoms with Gasteiger partial charge in [0.2, 0.25) is 0 Å². The van der Waals surface area contributed by atoms with Crippen LogP contribution in [-0.2, 0) is 16.3 Å². The third kappa shape index (κ3) is 5.83. The standard InChI is InChI=1S/C19H24N2O3S.ClH/c1-2-25(23,24)18-10-8-17(9-11-18)19(22)21(15-13-20)14-12-16-6-4-3-5-7-16;/h3-11H,2,12-15,20H2,1H3;1H. The van der Waals surface area contributed by atoms with E-state index < -0.39 is 9.84 Å². The van der Waals surface area contributed by atoms with Crippen molar-refractivity contribution in [3.05, 3.63) is 65.7 Å². The number of nitrogens with zero attached hydrogens (tertiary/aromatic N) is 1. The highest BCUT2D eigenvalue weighted by molar-refractivity contribution is 7.91. The van der Waals surface area contributed by atoms with Gasteiger partial charge >= 0.3 is 0 Å². The minimum atomic E-state index is -3.26. The molecule has 2 aromatic rings. The minimum Gasteiger partial charge on any atom is -0.337 e. The lowest BCUT2D eigenvalue weighted by molar-refractivity contribution is 0.0762. The number of halogens is 1. The minimum absolute atomic E-state index is 0. The van der Waals surface area contributed by atoms with Crippen LogP contribution in [0.5, 0.6) is 0 Å². The van der Waals surface area contributed by atoms with Gasteiger partial charge in [-0.2, -0.15) is 0 Å². The van der Waals surface area contributed by atoms with E-state index in [1.54, 1.807) is 24.0 Å². The molecule has 0 aliphatic heterocycles. The molecule has 0 unspecified atom stereocenters. The topological polar surface area (TPSA) is 80.5 Å². The van der Waals surface area contributed by atoms with E-state index in [1.165, 1.54) is 12.1 Å². The number of hydrogen-bond acceptors (Lipinski definition) is 4. The molecule has 0 atom stereocenters. The summed E-state index contributed by atoms with van der Waals surface area (Å²) in [5.74, 6) is -0.0988. The Kier molecular flexibility index (Phi) is 8.78. The first kappa shape index (κ1) is 22.2. The van der Waals surface area contributed by atoms with Crippen molar-refractivity contribution >= 4 is 28.2 Å². The first-order valence-corrected chi connectivity index (χ1v) is 9.99. The number of sulfone groups is 1. The molecule has 142 valence electrons. The summed E-state index contributed by atoms with van der Waals surface area (Å²) < 4.78 is 23.7. The fraction of sp³-hybridized carbons (Fsp3) is 0.316. The van der Waals surface area contributed by atoms with Gasteiger partial charge in [-0.25, -0.2) is 8.42 Å². The van der Waals surface area contributed by atoms with E-state index in [0.29, 0.717) is 25.2 Å². The molecule has 7 heteroatoms. The number of nitrogens with two attached hydrogens (primary N) is 1. The van der Waals surface area contributed by atoms with Crippen LogP contribution < -0.4 is 5.73 Å². The van der Waals surface area contributed by atoms with Crippen LogP contribution in [-0.4, -0.2) is 44.6 Å². The quantitative estimate of drug-likeness (QED) is 0.743. The predicted molar refractivity (Wildman–Crippen MR) is 107 cm³/mol. The monoisotopic (exact) mass is 396 g/mol. The Morgan fingerprint density at radius 3 is 2.15 bits per heavy atom. The molecule has 0 aromatic heterocycles. The maximum atomic E-state index is 12.7. The number of carbonyl (C=O) groups is 1. The number of amides is 1. The highest BCUT2D eigenvalue weighted by atomic mass is 35.5. The molecule has 2 rings (SSSR count). The Morgan fingerprint density at radius 1 is 1.00 bits per heavy atom. The van der Waals surface area contributed by atoms with E-state index in [-0.39, 0.29) is 29.0 Å². The smallest absolute Gasteiger partial charge is 0.253 e. The predicted octanol–water partition coefficient (Wildman–Crippen LogP) is 2.55. The Balaban J connectivity index is 0.00000338. The van der Waals surface area contributed by atoms with Gasteiger partial charge in [-0.05, 0) is 36.2 Å². The van der Waals surface area contributed by atoms with Gasteiger partial charge in [0.05, 0.1) is 10.6 Å². The molecule has 0 spiro atoms. The Hall–Kier alpha value is -1.89. The van der Waals surface area contributed by atoms with Crippen LogP contribution in [0.4, 0.5) is 0 Å². The maximum absolute atomic E-state index is 12.7. The zero-order valence-electron chi connectivity index (χ0n) is 14.8. The molecule has 2 aromatic carbocycles. The first-order chi connectivity index (χ1) is 12.0. The number of rotatable bonds is 8. The van der Waals surface area contributed by atoms with Gasteiger partial charge in [0, 0.05) is 25.2 Å². The van der Waals surface area contributed by atoms with E-state index >= 15 is 0 Å². The molecule has 0 heterocycles. The number of carbonyl (C=O) groups excluding carboxylic acids is 1. The van der Waals surface area contributed by atoms with E-state index in [1.807, 2.05) is 30.3 Å². The van der Waals surface area contributed by atoms with Crippen molar-refractivity contribution in [2.45, 2.75) is 18.2 Å². The molecule has 0 aliphatic carbocycles. The van der Waals surface area contributed by atoms with E-state index in [0.717, 1.165) is 12.0 Å². The SMILES string of the molecule is CCS(=O)(=O)c1ccc(C(=O)N(CCN)CCc2ccccc2)cc1.Cl.